The third-order valence-electron chi connectivity index (χ3n) is 2.39. The number of ether oxygens (including phenoxy) is 1. The third-order valence-corrected chi connectivity index (χ3v) is 3.03. The van der Waals surface area contributed by atoms with E-state index >= 15 is 0 Å². The van der Waals surface area contributed by atoms with Crippen LogP contribution in [0.1, 0.15) is 39.8 Å². The highest BCUT2D eigenvalue weighted by Gasteiger charge is 2.18. The van der Waals surface area contributed by atoms with Gasteiger partial charge in [-0.1, -0.05) is 6.92 Å². The molecule has 0 fully saturated rings. The molecule has 1 unspecified atom stereocenters. The largest absolute Gasteiger partial charge is 0.444 e. The van der Waals surface area contributed by atoms with Gasteiger partial charge in [0, 0.05) is 24.5 Å². The number of rotatable bonds is 6. The molecule has 0 aliphatic heterocycles. The average Bonchev–Trinajstić information content (AvgIpc) is 2.78. The van der Waals surface area contributed by atoms with Crippen LogP contribution in [-0.2, 0) is 11.3 Å². The summed E-state index contributed by atoms with van der Waals surface area (Å²) in [5.74, 6) is 0. The standard InChI is InChI=1S/C13H23N3O2S/c1-5-10(16-12(17)18-13(2,3)4)6-14-7-11-8-19-9-15-11/h8-10,14H,5-7H2,1-4H3,(H,16,17). The summed E-state index contributed by atoms with van der Waals surface area (Å²) in [4.78, 5) is 15.8. The normalized spacial score (nSPS) is 13.1. The maximum absolute atomic E-state index is 11.6. The molecule has 0 saturated heterocycles. The van der Waals surface area contributed by atoms with Crippen molar-refractivity contribution in [3.05, 3.63) is 16.6 Å². The van der Waals surface area contributed by atoms with Gasteiger partial charge < -0.3 is 15.4 Å². The molecule has 1 aromatic rings. The van der Waals surface area contributed by atoms with Crippen molar-refractivity contribution in [3.8, 4) is 0 Å². The summed E-state index contributed by atoms with van der Waals surface area (Å²) in [5, 5.41) is 8.15. The molecule has 0 aromatic carbocycles. The highest BCUT2D eigenvalue weighted by atomic mass is 32.1. The van der Waals surface area contributed by atoms with E-state index in [0.29, 0.717) is 6.54 Å². The van der Waals surface area contributed by atoms with Crippen LogP contribution in [0.15, 0.2) is 10.9 Å². The molecule has 0 aliphatic carbocycles. The number of alkyl carbamates (subject to hydrolysis) is 1. The topological polar surface area (TPSA) is 63.2 Å². The fourth-order valence-electron chi connectivity index (χ4n) is 1.47. The van der Waals surface area contributed by atoms with Crippen molar-refractivity contribution < 1.29 is 9.53 Å². The van der Waals surface area contributed by atoms with Crippen molar-refractivity contribution in [3.63, 3.8) is 0 Å². The van der Waals surface area contributed by atoms with Gasteiger partial charge in [0.2, 0.25) is 0 Å². The lowest BCUT2D eigenvalue weighted by atomic mass is 10.2. The quantitative estimate of drug-likeness (QED) is 0.843. The van der Waals surface area contributed by atoms with Gasteiger partial charge in [-0.05, 0) is 27.2 Å². The molecule has 1 amide bonds. The maximum atomic E-state index is 11.6. The monoisotopic (exact) mass is 285 g/mol. The second-order valence-electron chi connectivity index (χ2n) is 5.36. The molecule has 2 N–H and O–H groups in total. The van der Waals surface area contributed by atoms with E-state index in [2.05, 4.69) is 15.6 Å². The van der Waals surface area contributed by atoms with Crippen LogP contribution in [0.25, 0.3) is 0 Å². The van der Waals surface area contributed by atoms with Gasteiger partial charge in [0.1, 0.15) is 5.60 Å². The Bertz CT molecular complexity index is 374. The summed E-state index contributed by atoms with van der Waals surface area (Å²) >= 11 is 1.58. The lowest BCUT2D eigenvalue weighted by Gasteiger charge is -2.23. The molecule has 0 bridgehead atoms. The second kappa shape index (κ2) is 7.45. The fourth-order valence-corrected chi connectivity index (χ4v) is 2.03. The van der Waals surface area contributed by atoms with Crippen LogP contribution in [0.2, 0.25) is 0 Å². The van der Waals surface area contributed by atoms with Gasteiger partial charge in [0.05, 0.1) is 11.2 Å². The molecule has 108 valence electrons. The minimum atomic E-state index is -0.462. The van der Waals surface area contributed by atoms with Gasteiger partial charge in [-0.15, -0.1) is 11.3 Å². The van der Waals surface area contributed by atoms with Crippen LogP contribution in [-0.4, -0.2) is 29.3 Å². The number of carbonyl (C=O) groups excluding carboxylic acids is 1. The lowest BCUT2D eigenvalue weighted by Crippen LogP contribution is -2.43. The molecule has 0 spiro atoms. The first kappa shape index (κ1) is 15.9. The minimum absolute atomic E-state index is 0.0634. The van der Waals surface area contributed by atoms with Gasteiger partial charge in [0.15, 0.2) is 0 Å². The Balaban J connectivity index is 2.27. The zero-order chi connectivity index (χ0) is 14.3. The summed E-state index contributed by atoms with van der Waals surface area (Å²) in [6, 6.07) is 0.0634. The predicted octanol–water partition coefficient (Wildman–Crippen LogP) is 2.54. The van der Waals surface area contributed by atoms with Crippen molar-refractivity contribution in [2.75, 3.05) is 6.54 Å². The smallest absolute Gasteiger partial charge is 0.407 e. The molecule has 0 radical (unpaired) electrons. The van der Waals surface area contributed by atoms with Crippen LogP contribution in [0.3, 0.4) is 0 Å². The molecule has 5 nitrogen and oxygen atoms in total. The SMILES string of the molecule is CCC(CNCc1cscn1)NC(=O)OC(C)(C)C. The predicted molar refractivity (Wildman–Crippen MR) is 77.3 cm³/mol. The van der Waals surface area contributed by atoms with Gasteiger partial charge in [-0.25, -0.2) is 9.78 Å². The molecule has 0 saturated carbocycles. The summed E-state index contributed by atoms with van der Waals surface area (Å²) in [6.45, 7) is 9.02. The second-order valence-corrected chi connectivity index (χ2v) is 6.08. The minimum Gasteiger partial charge on any atom is -0.444 e. The Labute approximate surface area is 118 Å². The highest BCUT2D eigenvalue weighted by molar-refractivity contribution is 7.07. The van der Waals surface area contributed by atoms with Gasteiger partial charge in [0.25, 0.3) is 0 Å². The molecular formula is C13H23N3O2S. The van der Waals surface area contributed by atoms with E-state index in [-0.39, 0.29) is 12.1 Å². The van der Waals surface area contributed by atoms with Crippen molar-refractivity contribution in [1.82, 2.24) is 15.6 Å². The summed E-state index contributed by atoms with van der Waals surface area (Å²) in [5.41, 5.74) is 2.38. The van der Waals surface area contributed by atoms with Crippen molar-refractivity contribution >= 4 is 17.4 Å². The van der Waals surface area contributed by atoms with E-state index in [1.807, 2.05) is 38.6 Å². The van der Waals surface area contributed by atoms with Crippen molar-refractivity contribution in [2.45, 2.75) is 52.3 Å². The Kier molecular flexibility index (Phi) is 6.24. The van der Waals surface area contributed by atoms with Gasteiger partial charge in [-0.2, -0.15) is 0 Å². The van der Waals surface area contributed by atoms with E-state index in [1.54, 1.807) is 11.3 Å². The molecule has 19 heavy (non-hydrogen) atoms. The van der Waals surface area contributed by atoms with Gasteiger partial charge in [-0.3, -0.25) is 0 Å². The Morgan fingerprint density at radius 1 is 1.53 bits per heavy atom. The van der Waals surface area contributed by atoms with E-state index in [1.165, 1.54) is 0 Å². The average molecular weight is 285 g/mol. The first-order valence-corrected chi connectivity index (χ1v) is 7.42. The fraction of sp³-hybridized carbons (Fsp3) is 0.692. The highest BCUT2D eigenvalue weighted by Crippen LogP contribution is 2.07. The van der Waals surface area contributed by atoms with Crippen LogP contribution in [0, 0.1) is 0 Å². The molecular weight excluding hydrogens is 262 g/mol. The first-order chi connectivity index (χ1) is 8.90. The summed E-state index contributed by atoms with van der Waals surface area (Å²) in [6.07, 6.45) is 0.485. The number of amides is 1. The third kappa shape index (κ3) is 7.12. The van der Waals surface area contributed by atoms with E-state index in [9.17, 15) is 4.79 Å². The lowest BCUT2D eigenvalue weighted by molar-refractivity contribution is 0.0502. The number of aromatic nitrogens is 1. The van der Waals surface area contributed by atoms with Crippen LogP contribution < -0.4 is 10.6 Å². The van der Waals surface area contributed by atoms with E-state index < -0.39 is 5.60 Å². The summed E-state index contributed by atoms with van der Waals surface area (Å²) < 4.78 is 5.23. The van der Waals surface area contributed by atoms with Crippen LogP contribution in [0.4, 0.5) is 4.79 Å². The van der Waals surface area contributed by atoms with Gasteiger partial charge >= 0.3 is 6.09 Å². The number of carbonyl (C=O) groups is 1. The molecule has 0 aliphatic rings. The van der Waals surface area contributed by atoms with Crippen LogP contribution in [0.5, 0.6) is 0 Å². The Morgan fingerprint density at radius 3 is 2.79 bits per heavy atom. The van der Waals surface area contributed by atoms with Crippen LogP contribution >= 0.6 is 11.3 Å². The molecule has 6 heteroatoms. The van der Waals surface area contributed by atoms with E-state index in [0.717, 1.165) is 18.7 Å². The number of nitrogens with zero attached hydrogens (tertiary/aromatic N) is 1. The number of hydrogen-bond donors (Lipinski definition) is 2. The number of hydrogen-bond acceptors (Lipinski definition) is 5. The zero-order valence-electron chi connectivity index (χ0n) is 12.0. The Hall–Kier alpha value is -1.14. The van der Waals surface area contributed by atoms with E-state index in [4.69, 9.17) is 4.74 Å². The molecule has 1 aromatic heterocycles. The van der Waals surface area contributed by atoms with Crippen molar-refractivity contribution in [1.29, 1.82) is 0 Å². The summed E-state index contributed by atoms with van der Waals surface area (Å²) in [7, 11) is 0. The maximum Gasteiger partial charge on any atom is 0.407 e. The Morgan fingerprint density at radius 2 is 2.26 bits per heavy atom. The number of thiazole rings is 1. The molecule has 1 atom stereocenters. The first-order valence-electron chi connectivity index (χ1n) is 6.48. The van der Waals surface area contributed by atoms with Crippen molar-refractivity contribution in [2.24, 2.45) is 0 Å². The molecule has 1 heterocycles. The number of nitrogens with one attached hydrogen (secondary N) is 2. The zero-order valence-corrected chi connectivity index (χ0v) is 12.8. The molecule has 1 rings (SSSR count).